The Morgan fingerprint density at radius 1 is 1.09 bits per heavy atom. The van der Waals surface area contributed by atoms with Gasteiger partial charge in [-0.05, 0) is 35.0 Å². The molecule has 1 aromatic heterocycles. The van der Waals surface area contributed by atoms with Gasteiger partial charge in [-0.3, -0.25) is 0 Å². The molecule has 0 radical (unpaired) electrons. The fraction of sp³-hybridized carbons (Fsp3) is 0.133. The van der Waals surface area contributed by atoms with E-state index in [0.717, 1.165) is 16.9 Å². The first-order valence-electron chi connectivity index (χ1n) is 6.52. The van der Waals surface area contributed by atoms with Gasteiger partial charge in [0, 0.05) is 5.56 Å². The van der Waals surface area contributed by atoms with Crippen LogP contribution in [0.3, 0.4) is 0 Å². The molecule has 3 rings (SSSR count). The molecule has 5 nitrogen and oxygen atoms in total. The molecule has 0 aliphatic heterocycles. The number of methoxy groups -OCH3 is 1. The molecule has 0 atom stereocenters. The zero-order chi connectivity index (χ0) is 15.5. The highest BCUT2D eigenvalue weighted by Gasteiger charge is 2.08. The quantitative estimate of drug-likeness (QED) is 0.729. The fourth-order valence-corrected chi connectivity index (χ4v) is 2.31. The van der Waals surface area contributed by atoms with Crippen molar-refractivity contribution in [1.82, 2.24) is 20.2 Å². The van der Waals surface area contributed by atoms with Gasteiger partial charge in [0.2, 0.25) is 5.82 Å². The van der Waals surface area contributed by atoms with E-state index in [-0.39, 0.29) is 0 Å². The maximum absolute atomic E-state index is 6.00. The summed E-state index contributed by atoms with van der Waals surface area (Å²) in [6.07, 6.45) is 0. The summed E-state index contributed by atoms with van der Waals surface area (Å²) in [5, 5.41) is 13.5. The van der Waals surface area contributed by atoms with Crippen LogP contribution in [-0.4, -0.2) is 27.3 Å². The fourth-order valence-electron chi connectivity index (χ4n) is 1.99. The molecular weight excluding hydrogens is 323 g/mol. The second-order valence-corrected chi connectivity index (χ2v) is 5.44. The van der Waals surface area contributed by atoms with Crippen LogP contribution in [0, 0.1) is 0 Å². The molecule has 0 unspecified atom stereocenters. The van der Waals surface area contributed by atoms with E-state index >= 15 is 0 Å². The van der Waals surface area contributed by atoms with Gasteiger partial charge in [0.25, 0.3) is 0 Å². The molecule has 0 saturated carbocycles. The Morgan fingerprint density at radius 2 is 1.95 bits per heavy atom. The molecule has 0 aliphatic carbocycles. The maximum atomic E-state index is 6.00. The highest BCUT2D eigenvalue weighted by molar-refractivity contribution is 6.42. The maximum Gasteiger partial charge on any atom is 0.205 e. The van der Waals surface area contributed by atoms with E-state index in [1.165, 1.54) is 4.80 Å². The molecule has 0 spiro atoms. The molecule has 0 amide bonds. The average molecular weight is 335 g/mol. The molecule has 22 heavy (non-hydrogen) atoms. The summed E-state index contributed by atoms with van der Waals surface area (Å²) in [6.45, 7) is 0.466. The van der Waals surface area contributed by atoms with Gasteiger partial charge in [0.05, 0.1) is 23.7 Å². The zero-order valence-electron chi connectivity index (χ0n) is 11.7. The SMILES string of the molecule is COc1cccc(-c2nnn(Cc3ccc(Cl)c(Cl)c3)n2)c1. The van der Waals surface area contributed by atoms with Crippen LogP contribution in [0.1, 0.15) is 5.56 Å². The van der Waals surface area contributed by atoms with Crippen molar-refractivity contribution in [2.45, 2.75) is 6.54 Å². The highest BCUT2D eigenvalue weighted by Crippen LogP contribution is 2.23. The lowest BCUT2D eigenvalue weighted by atomic mass is 10.2. The molecule has 0 aliphatic rings. The van der Waals surface area contributed by atoms with Gasteiger partial charge in [-0.25, -0.2) is 0 Å². The van der Waals surface area contributed by atoms with Gasteiger partial charge in [-0.2, -0.15) is 4.80 Å². The van der Waals surface area contributed by atoms with E-state index in [9.17, 15) is 0 Å². The predicted octanol–water partition coefficient (Wildman–Crippen LogP) is 3.70. The second kappa shape index (κ2) is 6.34. The normalized spacial score (nSPS) is 10.7. The highest BCUT2D eigenvalue weighted by atomic mass is 35.5. The average Bonchev–Trinajstić information content (AvgIpc) is 2.99. The third-order valence-electron chi connectivity index (χ3n) is 3.09. The molecule has 3 aromatic rings. The van der Waals surface area contributed by atoms with Gasteiger partial charge in [-0.1, -0.05) is 41.4 Å². The topological polar surface area (TPSA) is 52.8 Å². The van der Waals surface area contributed by atoms with Gasteiger partial charge < -0.3 is 4.74 Å². The summed E-state index contributed by atoms with van der Waals surface area (Å²) in [4.78, 5) is 1.51. The van der Waals surface area contributed by atoms with Gasteiger partial charge in [0.1, 0.15) is 5.75 Å². The number of aromatic nitrogens is 4. The third kappa shape index (κ3) is 3.21. The Morgan fingerprint density at radius 3 is 2.73 bits per heavy atom. The largest absolute Gasteiger partial charge is 0.497 e. The van der Waals surface area contributed by atoms with Crippen LogP contribution < -0.4 is 4.74 Å². The van der Waals surface area contributed by atoms with Crippen LogP contribution >= 0.6 is 23.2 Å². The summed E-state index contributed by atoms with van der Waals surface area (Å²) >= 11 is 11.9. The zero-order valence-corrected chi connectivity index (χ0v) is 13.2. The first-order chi connectivity index (χ1) is 10.7. The van der Waals surface area contributed by atoms with Crippen LogP contribution in [0.25, 0.3) is 11.4 Å². The van der Waals surface area contributed by atoms with Crippen molar-refractivity contribution >= 4 is 23.2 Å². The molecule has 0 bridgehead atoms. The van der Waals surface area contributed by atoms with Crippen molar-refractivity contribution in [3.8, 4) is 17.1 Å². The number of benzene rings is 2. The lowest BCUT2D eigenvalue weighted by Gasteiger charge is -2.02. The van der Waals surface area contributed by atoms with E-state index in [1.807, 2.05) is 30.3 Å². The monoisotopic (exact) mass is 334 g/mol. The Kier molecular flexibility index (Phi) is 4.27. The molecule has 7 heteroatoms. The van der Waals surface area contributed by atoms with E-state index in [4.69, 9.17) is 27.9 Å². The number of ether oxygens (including phenoxy) is 1. The first kappa shape index (κ1) is 14.8. The van der Waals surface area contributed by atoms with E-state index in [1.54, 1.807) is 19.2 Å². The molecule has 112 valence electrons. The summed E-state index contributed by atoms with van der Waals surface area (Å²) in [7, 11) is 1.62. The van der Waals surface area contributed by atoms with Crippen LogP contribution in [-0.2, 0) is 6.54 Å². The van der Waals surface area contributed by atoms with Crippen molar-refractivity contribution < 1.29 is 4.74 Å². The number of rotatable bonds is 4. The first-order valence-corrected chi connectivity index (χ1v) is 7.27. The number of nitrogens with zero attached hydrogens (tertiary/aromatic N) is 4. The van der Waals surface area contributed by atoms with E-state index in [0.29, 0.717) is 22.4 Å². The smallest absolute Gasteiger partial charge is 0.205 e. The molecule has 0 fully saturated rings. The minimum absolute atomic E-state index is 0.466. The van der Waals surface area contributed by atoms with Gasteiger partial charge in [-0.15, -0.1) is 10.2 Å². The number of halogens is 2. The van der Waals surface area contributed by atoms with Gasteiger partial charge >= 0.3 is 0 Å². The van der Waals surface area contributed by atoms with E-state index < -0.39 is 0 Å². The Bertz CT molecular complexity index is 804. The van der Waals surface area contributed by atoms with Crippen molar-refractivity contribution in [1.29, 1.82) is 0 Å². The summed E-state index contributed by atoms with van der Waals surface area (Å²) in [5.74, 6) is 1.29. The van der Waals surface area contributed by atoms with Gasteiger partial charge in [0.15, 0.2) is 0 Å². The summed E-state index contributed by atoms with van der Waals surface area (Å²) in [5.41, 5.74) is 1.80. The Hall–Kier alpha value is -2.11. The lowest BCUT2D eigenvalue weighted by molar-refractivity contribution is 0.415. The molecule has 0 N–H and O–H groups in total. The van der Waals surface area contributed by atoms with Crippen LogP contribution in [0.4, 0.5) is 0 Å². The minimum Gasteiger partial charge on any atom is -0.497 e. The van der Waals surface area contributed by atoms with Crippen LogP contribution in [0.5, 0.6) is 5.75 Å². The third-order valence-corrected chi connectivity index (χ3v) is 3.83. The molecule has 2 aromatic carbocycles. The molecule has 1 heterocycles. The Labute approximate surface area is 137 Å². The number of hydrogen-bond acceptors (Lipinski definition) is 4. The lowest BCUT2D eigenvalue weighted by Crippen LogP contribution is -2.04. The van der Waals surface area contributed by atoms with Crippen molar-refractivity contribution in [3.05, 3.63) is 58.1 Å². The van der Waals surface area contributed by atoms with Crippen LogP contribution in [0.15, 0.2) is 42.5 Å². The standard InChI is InChI=1S/C15H12Cl2N4O/c1-22-12-4-2-3-11(8-12)15-18-20-21(19-15)9-10-5-6-13(16)14(17)7-10/h2-8H,9H2,1H3. The Balaban J connectivity index is 1.82. The molecule has 0 saturated heterocycles. The number of hydrogen-bond donors (Lipinski definition) is 0. The van der Waals surface area contributed by atoms with Crippen molar-refractivity contribution in [2.24, 2.45) is 0 Å². The number of tetrazole rings is 1. The van der Waals surface area contributed by atoms with Crippen LogP contribution in [0.2, 0.25) is 10.0 Å². The van der Waals surface area contributed by atoms with Crippen molar-refractivity contribution in [3.63, 3.8) is 0 Å². The van der Waals surface area contributed by atoms with Crippen molar-refractivity contribution in [2.75, 3.05) is 7.11 Å². The summed E-state index contributed by atoms with van der Waals surface area (Å²) in [6, 6.07) is 12.9. The predicted molar refractivity (Wildman–Crippen MR) is 85.4 cm³/mol. The second-order valence-electron chi connectivity index (χ2n) is 4.62. The minimum atomic E-state index is 0.466. The summed E-state index contributed by atoms with van der Waals surface area (Å²) < 4.78 is 5.19. The molecular formula is C15H12Cl2N4O. The van der Waals surface area contributed by atoms with E-state index in [2.05, 4.69) is 15.4 Å².